The molecular weight excluding hydrogens is 130 g/mol. The highest BCUT2D eigenvalue weighted by atomic mass is 31.2. The molecule has 2 radical (unpaired) electrons. The van der Waals surface area contributed by atoms with Crippen LogP contribution in [0.2, 0.25) is 5.28 Å². The molecule has 0 atom stereocenters. The Labute approximate surface area is 52.4 Å². The number of rotatable bonds is 0. The van der Waals surface area contributed by atoms with Crippen molar-refractivity contribution >= 4 is 24.9 Å². The Kier molecular flexibility index (Phi) is 15.3. The molecule has 0 aromatic rings. The summed E-state index contributed by atoms with van der Waals surface area (Å²) < 4.78 is 0. The lowest BCUT2D eigenvalue weighted by Gasteiger charge is -1.76. The molecule has 0 aromatic carbocycles. The zero-order valence-corrected chi connectivity index (χ0v) is 6.12. The van der Waals surface area contributed by atoms with E-state index in [1.807, 2.05) is 0 Å². The van der Waals surface area contributed by atoms with Crippen molar-refractivity contribution in [2.24, 2.45) is 0 Å². The summed E-state index contributed by atoms with van der Waals surface area (Å²) in [6.07, 6.45) is 0. The molecule has 0 rings (SSSR count). The fourth-order valence-corrected chi connectivity index (χ4v) is 0. The molecule has 0 saturated carbocycles. The van der Waals surface area contributed by atoms with E-state index in [4.69, 9.17) is 14.7 Å². The highest BCUT2D eigenvalue weighted by Crippen LogP contribution is 2.11. The number of hydrogen-bond donors (Lipinski definition) is 3. The van der Waals surface area contributed by atoms with Crippen molar-refractivity contribution in [3.8, 4) is 0 Å². The minimum absolute atomic E-state index is 1.17. The first-order chi connectivity index (χ1) is 3.15. The molecule has 0 fully saturated rings. The van der Waals surface area contributed by atoms with Gasteiger partial charge >= 0.3 is 8.60 Å². The van der Waals surface area contributed by atoms with Gasteiger partial charge in [0.15, 0.2) is 0 Å². The SMILES string of the molecule is C[CH2][Al].OP(O)O. The van der Waals surface area contributed by atoms with Gasteiger partial charge in [-0.05, 0) is 0 Å². The molecule has 0 aliphatic rings. The van der Waals surface area contributed by atoms with Crippen molar-refractivity contribution in [2.45, 2.75) is 12.2 Å². The Morgan fingerprint density at radius 2 is 1.43 bits per heavy atom. The van der Waals surface area contributed by atoms with Crippen LogP contribution < -0.4 is 0 Å². The van der Waals surface area contributed by atoms with Crippen LogP contribution in [0.3, 0.4) is 0 Å². The molecule has 5 heteroatoms. The van der Waals surface area contributed by atoms with Gasteiger partial charge in [0.1, 0.15) is 16.3 Å². The van der Waals surface area contributed by atoms with Gasteiger partial charge in [-0.3, -0.25) is 0 Å². The molecule has 0 aromatic heterocycles. The molecule has 0 spiro atoms. The maximum atomic E-state index is 7.23. The van der Waals surface area contributed by atoms with E-state index in [-0.39, 0.29) is 0 Å². The zero-order chi connectivity index (χ0) is 6.28. The van der Waals surface area contributed by atoms with Crippen LogP contribution >= 0.6 is 8.60 Å². The minimum Gasteiger partial charge on any atom is -0.328 e. The maximum absolute atomic E-state index is 7.23. The van der Waals surface area contributed by atoms with Crippen LogP contribution in [0, 0.1) is 0 Å². The normalized spacial score (nSPS) is 7.57. The average Bonchev–Trinajstić information content (AvgIpc) is 1.33. The minimum atomic E-state index is -2.62. The molecule has 3 nitrogen and oxygen atoms in total. The van der Waals surface area contributed by atoms with Gasteiger partial charge < -0.3 is 14.7 Å². The van der Waals surface area contributed by atoms with Crippen molar-refractivity contribution < 1.29 is 14.7 Å². The molecular formula is C2H8AlO3P. The van der Waals surface area contributed by atoms with Crippen molar-refractivity contribution in [1.29, 1.82) is 0 Å². The molecule has 3 N–H and O–H groups in total. The Balaban J connectivity index is 0. The monoisotopic (exact) mass is 138 g/mol. The second-order valence-corrected chi connectivity index (χ2v) is 2.03. The molecule has 0 bridgehead atoms. The molecule has 0 aliphatic heterocycles. The molecule has 42 valence electrons. The van der Waals surface area contributed by atoms with Crippen LogP contribution in [0.15, 0.2) is 0 Å². The maximum Gasteiger partial charge on any atom is 0.324 e. The van der Waals surface area contributed by atoms with Crippen molar-refractivity contribution in [3.63, 3.8) is 0 Å². The highest BCUT2D eigenvalue weighted by Gasteiger charge is 1.76. The van der Waals surface area contributed by atoms with Gasteiger partial charge in [0.2, 0.25) is 0 Å². The van der Waals surface area contributed by atoms with Gasteiger partial charge in [-0.1, -0.05) is 6.92 Å². The summed E-state index contributed by atoms with van der Waals surface area (Å²) in [6, 6.07) is 0. The van der Waals surface area contributed by atoms with Crippen LogP contribution in [0.4, 0.5) is 0 Å². The van der Waals surface area contributed by atoms with Gasteiger partial charge in [-0.15, -0.1) is 5.28 Å². The van der Waals surface area contributed by atoms with E-state index >= 15 is 0 Å². The summed E-state index contributed by atoms with van der Waals surface area (Å²) in [5, 5.41) is 1.17. The van der Waals surface area contributed by atoms with E-state index < -0.39 is 8.60 Å². The van der Waals surface area contributed by atoms with Crippen molar-refractivity contribution in [2.75, 3.05) is 0 Å². The smallest absolute Gasteiger partial charge is 0.324 e. The third kappa shape index (κ3) is 226. The first-order valence-electron chi connectivity index (χ1n) is 1.72. The zero-order valence-electron chi connectivity index (χ0n) is 4.07. The first kappa shape index (κ1) is 10.8. The van der Waals surface area contributed by atoms with Gasteiger partial charge in [0.25, 0.3) is 0 Å². The lowest BCUT2D eigenvalue weighted by molar-refractivity contribution is 0.368. The summed E-state index contributed by atoms with van der Waals surface area (Å²) in [5.74, 6) is 0. The fraction of sp³-hybridized carbons (Fsp3) is 1.00. The standard InChI is InChI=1S/C2H5.Al.H3O3P/c1-2;;1-4(2)3/h1H2,2H3;;1-3H. The Bertz CT molecular complexity index is 24.1. The van der Waals surface area contributed by atoms with E-state index in [1.54, 1.807) is 0 Å². The highest BCUT2D eigenvalue weighted by molar-refractivity contribution is 7.38. The fourth-order valence-electron chi connectivity index (χ4n) is 0. The van der Waals surface area contributed by atoms with E-state index in [2.05, 4.69) is 23.2 Å². The summed E-state index contributed by atoms with van der Waals surface area (Å²) >= 11 is 2.58. The van der Waals surface area contributed by atoms with Crippen LogP contribution in [0.25, 0.3) is 0 Å². The van der Waals surface area contributed by atoms with Gasteiger partial charge in [0.05, 0.1) is 0 Å². The van der Waals surface area contributed by atoms with Crippen molar-refractivity contribution in [1.82, 2.24) is 0 Å². The molecule has 0 heterocycles. The summed E-state index contributed by atoms with van der Waals surface area (Å²) in [4.78, 5) is 21.7. The van der Waals surface area contributed by atoms with Crippen molar-refractivity contribution in [3.05, 3.63) is 0 Å². The van der Waals surface area contributed by atoms with Crippen LogP contribution in [-0.4, -0.2) is 31.0 Å². The quantitative estimate of drug-likeness (QED) is 0.320. The Hall–Kier alpha value is 0.842. The lowest BCUT2D eigenvalue weighted by Crippen LogP contribution is -1.54. The van der Waals surface area contributed by atoms with Gasteiger partial charge in [-0.2, -0.15) is 0 Å². The second kappa shape index (κ2) is 9.96. The molecule has 0 unspecified atom stereocenters. The van der Waals surface area contributed by atoms with Crippen LogP contribution in [0.5, 0.6) is 0 Å². The summed E-state index contributed by atoms with van der Waals surface area (Å²) in [7, 11) is -2.62. The largest absolute Gasteiger partial charge is 0.328 e. The van der Waals surface area contributed by atoms with E-state index in [1.165, 1.54) is 5.28 Å². The van der Waals surface area contributed by atoms with E-state index in [9.17, 15) is 0 Å². The average molecular weight is 138 g/mol. The van der Waals surface area contributed by atoms with Crippen LogP contribution in [0.1, 0.15) is 6.92 Å². The third-order valence-electron chi connectivity index (χ3n) is 0. The molecule has 0 saturated heterocycles. The second-order valence-electron chi connectivity index (χ2n) is 0.677. The molecule has 0 aliphatic carbocycles. The Morgan fingerprint density at radius 3 is 1.43 bits per heavy atom. The lowest BCUT2D eigenvalue weighted by atomic mass is 11.0. The Morgan fingerprint density at radius 1 is 1.43 bits per heavy atom. The predicted octanol–water partition coefficient (Wildman–Crippen LogP) is -0.217. The topological polar surface area (TPSA) is 60.7 Å². The van der Waals surface area contributed by atoms with Gasteiger partial charge in [-0.25, -0.2) is 0 Å². The predicted molar refractivity (Wildman–Crippen MR) is 29.8 cm³/mol. The van der Waals surface area contributed by atoms with E-state index in [0.717, 1.165) is 0 Å². The van der Waals surface area contributed by atoms with Crippen LogP contribution in [-0.2, 0) is 0 Å². The summed E-state index contributed by atoms with van der Waals surface area (Å²) in [5.41, 5.74) is 0. The molecule has 0 amide bonds. The molecule has 7 heavy (non-hydrogen) atoms. The summed E-state index contributed by atoms with van der Waals surface area (Å²) in [6.45, 7) is 2.09. The third-order valence-corrected chi connectivity index (χ3v) is 0. The van der Waals surface area contributed by atoms with Gasteiger partial charge in [0, 0.05) is 0 Å². The first-order valence-corrected chi connectivity index (χ1v) is 3.73. The van der Waals surface area contributed by atoms with E-state index in [0.29, 0.717) is 0 Å². The number of hydrogen-bond acceptors (Lipinski definition) is 3.